The lowest BCUT2D eigenvalue weighted by Crippen LogP contribution is -2.27. The molecule has 1 aromatic carbocycles. The van der Waals surface area contributed by atoms with Gasteiger partial charge in [-0.2, -0.15) is 10.1 Å². The third-order valence-electron chi connectivity index (χ3n) is 5.43. The minimum Gasteiger partial charge on any atom is -0.317 e. The molecule has 2 fully saturated rings. The van der Waals surface area contributed by atoms with Gasteiger partial charge in [-0.15, -0.1) is 0 Å². The van der Waals surface area contributed by atoms with E-state index in [-0.39, 0.29) is 11.8 Å². The van der Waals surface area contributed by atoms with Crippen molar-refractivity contribution in [2.45, 2.75) is 38.0 Å². The summed E-state index contributed by atoms with van der Waals surface area (Å²) in [6.07, 6.45) is 3.01. The zero-order valence-corrected chi connectivity index (χ0v) is 14.8. The van der Waals surface area contributed by atoms with Crippen LogP contribution in [0.25, 0.3) is 0 Å². The molecule has 1 aliphatic carbocycles. The number of hydrogen-bond donors (Lipinski definition) is 2. The summed E-state index contributed by atoms with van der Waals surface area (Å²) in [5.74, 6) is 2.23. The summed E-state index contributed by atoms with van der Waals surface area (Å²) in [5, 5.41) is 10.9. The third kappa shape index (κ3) is 3.31. The molecule has 1 saturated carbocycles. The molecule has 6 nitrogen and oxygen atoms in total. The van der Waals surface area contributed by atoms with E-state index in [0.29, 0.717) is 17.8 Å². The number of carbonyl (C=O) groups is 1. The fraction of sp³-hybridized carbons (Fsp3) is 0.526. The number of benzene rings is 1. The summed E-state index contributed by atoms with van der Waals surface area (Å²) < 4.78 is 1.69. The van der Waals surface area contributed by atoms with Crippen LogP contribution >= 0.6 is 0 Å². The lowest BCUT2D eigenvalue weighted by Gasteiger charge is -2.19. The summed E-state index contributed by atoms with van der Waals surface area (Å²) in [7, 11) is 1.85. The summed E-state index contributed by atoms with van der Waals surface area (Å²) in [4.78, 5) is 17.2. The molecule has 1 saturated heterocycles. The van der Waals surface area contributed by atoms with Gasteiger partial charge in [-0.25, -0.2) is 4.68 Å². The normalized spacial score (nSPS) is 23.4. The Balaban J connectivity index is 1.42. The highest BCUT2D eigenvalue weighted by atomic mass is 16.2. The first-order valence-corrected chi connectivity index (χ1v) is 9.11. The van der Waals surface area contributed by atoms with Crippen LogP contribution in [0.1, 0.15) is 48.0 Å². The highest BCUT2D eigenvalue weighted by Crippen LogP contribution is 2.48. The molecule has 6 heteroatoms. The lowest BCUT2D eigenvalue weighted by molar-refractivity contribution is -0.117. The van der Waals surface area contributed by atoms with E-state index in [9.17, 15) is 4.79 Å². The molecule has 1 aliphatic heterocycles. The van der Waals surface area contributed by atoms with Gasteiger partial charge in [0.1, 0.15) is 0 Å². The highest BCUT2D eigenvalue weighted by Gasteiger charge is 2.44. The smallest absolute Gasteiger partial charge is 0.230 e. The fourth-order valence-electron chi connectivity index (χ4n) is 3.80. The Hall–Kier alpha value is -2.21. The molecule has 0 spiro atoms. The molecule has 4 rings (SSSR count). The van der Waals surface area contributed by atoms with Crippen LogP contribution in [-0.2, 0) is 11.8 Å². The molecule has 2 aromatic rings. The molecular weight excluding hydrogens is 314 g/mol. The van der Waals surface area contributed by atoms with Crippen LogP contribution in [0.2, 0.25) is 0 Å². The molecular formula is C19H25N5O. The number of piperidine rings is 1. The maximum atomic E-state index is 12.6. The average Bonchev–Trinajstić information content (AvgIpc) is 3.34. The van der Waals surface area contributed by atoms with E-state index in [1.165, 1.54) is 11.1 Å². The van der Waals surface area contributed by atoms with Crippen molar-refractivity contribution in [3.63, 3.8) is 0 Å². The molecule has 1 amide bonds. The molecule has 2 heterocycles. The third-order valence-corrected chi connectivity index (χ3v) is 5.43. The topological polar surface area (TPSA) is 71.8 Å². The first-order chi connectivity index (χ1) is 12.1. The van der Waals surface area contributed by atoms with Gasteiger partial charge >= 0.3 is 0 Å². The number of nitrogens with one attached hydrogen (secondary N) is 2. The number of aryl methyl sites for hydroxylation is 2. The van der Waals surface area contributed by atoms with Crippen molar-refractivity contribution < 1.29 is 4.79 Å². The van der Waals surface area contributed by atoms with Crippen molar-refractivity contribution in [3.05, 3.63) is 41.2 Å². The van der Waals surface area contributed by atoms with Crippen LogP contribution in [0.3, 0.4) is 0 Å². The van der Waals surface area contributed by atoms with Crippen LogP contribution in [0.5, 0.6) is 0 Å². The lowest BCUT2D eigenvalue weighted by atomic mass is 9.98. The Labute approximate surface area is 148 Å². The highest BCUT2D eigenvalue weighted by molar-refractivity contribution is 5.94. The first-order valence-electron chi connectivity index (χ1n) is 9.11. The number of anilines is 1. The molecule has 1 aromatic heterocycles. The Kier molecular flexibility index (Phi) is 4.29. The van der Waals surface area contributed by atoms with Crippen molar-refractivity contribution in [2.24, 2.45) is 13.0 Å². The van der Waals surface area contributed by atoms with Crippen LogP contribution in [0.15, 0.2) is 24.3 Å². The molecule has 25 heavy (non-hydrogen) atoms. The predicted octanol–water partition coefficient (Wildman–Crippen LogP) is 2.33. The second-order valence-corrected chi connectivity index (χ2v) is 7.24. The maximum Gasteiger partial charge on any atom is 0.230 e. The first kappa shape index (κ1) is 16.3. The minimum absolute atomic E-state index is 0.0418. The monoisotopic (exact) mass is 339 g/mol. The molecule has 2 atom stereocenters. The zero-order chi connectivity index (χ0) is 17.4. The summed E-state index contributed by atoms with van der Waals surface area (Å²) in [6.45, 7) is 4.12. The maximum absolute atomic E-state index is 12.6. The van der Waals surface area contributed by atoms with Gasteiger partial charge in [-0.05, 0) is 56.3 Å². The minimum atomic E-state index is 0.0418. The van der Waals surface area contributed by atoms with Gasteiger partial charge in [0.05, 0.1) is 0 Å². The number of nitrogens with zero attached hydrogens (tertiary/aromatic N) is 3. The van der Waals surface area contributed by atoms with E-state index in [0.717, 1.165) is 38.2 Å². The standard InChI is InChI=1S/C19H25N5O/c1-12-5-3-4-6-14(12)15-11-16(15)18(25)22-19-21-17(23-24(19)2)13-7-9-20-10-8-13/h3-6,13,15-16,20H,7-11H2,1-2H3,(H,21,22,23,25). The largest absolute Gasteiger partial charge is 0.317 e. The number of rotatable bonds is 4. The fourth-order valence-corrected chi connectivity index (χ4v) is 3.80. The van der Waals surface area contributed by atoms with Crippen molar-refractivity contribution in [1.29, 1.82) is 0 Å². The van der Waals surface area contributed by atoms with Crippen LogP contribution < -0.4 is 10.6 Å². The Morgan fingerprint density at radius 2 is 2.04 bits per heavy atom. The van der Waals surface area contributed by atoms with Gasteiger partial charge in [0.2, 0.25) is 11.9 Å². The van der Waals surface area contributed by atoms with Crippen LogP contribution in [0, 0.1) is 12.8 Å². The van der Waals surface area contributed by atoms with Gasteiger partial charge < -0.3 is 5.32 Å². The summed E-state index contributed by atoms with van der Waals surface area (Å²) in [5.41, 5.74) is 2.55. The van der Waals surface area contributed by atoms with Gasteiger partial charge in [-0.3, -0.25) is 10.1 Å². The van der Waals surface area contributed by atoms with Gasteiger partial charge in [0.25, 0.3) is 0 Å². The molecule has 2 aliphatic rings. The number of amides is 1. The molecule has 2 N–H and O–H groups in total. The molecule has 2 unspecified atom stereocenters. The Morgan fingerprint density at radius 1 is 1.28 bits per heavy atom. The van der Waals surface area contributed by atoms with Crippen molar-refractivity contribution in [3.8, 4) is 0 Å². The second kappa shape index (κ2) is 6.59. The van der Waals surface area contributed by atoms with Crippen LogP contribution in [0.4, 0.5) is 5.95 Å². The van der Waals surface area contributed by atoms with E-state index < -0.39 is 0 Å². The van der Waals surface area contributed by atoms with Crippen molar-refractivity contribution in [2.75, 3.05) is 18.4 Å². The molecule has 132 valence electrons. The van der Waals surface area contributed by atoms with E-state index in [1.807, 2.05) is 19.2 Å². The van der Waals surface area contributed by atoms with Gasteiger partial charge in [0, 0.05) is 18.9 Å². The predicted molar refractivity (Wildman–Crippen MR) is 96.5 cm³/mol. The van der Waals surface area contributed by atoms with Gasteiger partial charge in [0.15, 0.2) is 5.82 Å². The van der Waals surface area contributed by atoms with Crippen molar-refractivity contribution >= 4 is 11.9 Å². The number of carbonyl (C=O) groups excluding carboxylic acids is 1. The quantitative estimate of drug-likeness (QED) is 0.897. The van der Waals surface area contributed by atoms with Gasteiger partial charge in [-0.1, -0.05) is 24.3 Å². The number of aromatic nitrogens is 3. The Bertz CT molecular complexity index is 778. The summed E-state index contributed by atoms with van der Waals surface area (Å²) in [6, 6.07) is 8.32. The van der Waals surface area contributed by atoms with E-state index in [2.05, 4.69) is 39.8 Å². The van der Waals surface area contributed by atoms with E-state index in [4.69, 9.17) is 0 Å². The Morgan fingerprint density at radius 3 is 2.80 bits per heavy atom. The van der Waals surface area contributed by atoms with E-state index in [1.54, 1.807) is 4.68 Å². The molecule has 0 radical (unpaired) electrons. The van der Waals surface area contributed by atoms with Crippen LogP contribution in [-0.4, -0.2) is 33.8 Å². The zero-order valence-electron chi connectivity index (χ0n) is 14.8. The van der Waals surface area contributed by atoms with E-state index >= 15 is 0 Å². The SMILES string of the molecule is Cc1ccccc1C1CC1C(=O)Nc1nc(C2CCNCC2)nn1C. The average molecular weight is 339 g/mol. The second-order valence-electron chi connectivity index (χ2n) is 7.24. The van der Waals surface area contributed by atoms with Crippen molar-refractivity contribution in [1.82, 2.24) is 20.1 Å². The molecule has 0 bridgehead atoms. The summed E-state index contributed by atoms with van der Waals surface area (Å²) >= 11 is 0. The number of hydrogen-bond acceptors (Lipinski definition) is 4.